The molecule has 0 fully saturated rings. The first-order valence-electron chi connectivity index (χ1n) is 11.3. The van der Waals surface area contributed by atoms with Crippen LogP contribution in [0.3, 0.4) is 0 Å². The van der Waals surface area contributed by atoms with Crippen LogP contribution in [0, 0.1) is 0 Å². The second-order valence-corrected chi connectivity index (χ2v) is 9.10. The SMILES string of the molecule is COc1ccc(CCn2c(Nc3cccc(C(F)(F)F)c3)nc(=O)n(Cc3ccc(Cl)c(Cl)c3)c2=O)cc1. The largest absolute Gasteiger partial charge is 0.497 e. The van der Waals surface area contributed by atoms with Gasteiger partial charge in [-0.25, -0.2) is 14.2 Å². The number of halogens is 5. The van der Waals surface area contributed by atoms with Gasteiger partial charge in [-0.1, -0.05) is 47.5 Å². The number of alkyl halides is 3. The smallest absolute Gasteiger partial charge is 0.416 e. The molecule has 198 valence electrons. The number of aromatic nitrogens is 3. The summed E-state index contributed by atoms with van der Waals surface area (Å²) in [5.74, 6) is 0.480. The van der Waals surface area contributed by atoms with E-state index in [1.165, 1.54) is 22.8 Å². The minimum Gasteiger partial charge on any atom is -0.497 e. The summed E-state index contributed by atoms with van der Waals surface area (Å²) in [4.78, 5) is 30.4. The van der Waals surface area contributed by atoms with Crippen molar-refractivity contribution in [2.75, 3.05) is 12.4 Å². The van der Waals surface area contributed by atoms with Crippen LogP contribution in [0.15, 0.2) is 76.3 Å². The molecule has 1 heterocycles. The van der Waals surface area contributed by atoms with Crippen molar-refractivity contribution >= 4 is 34.8 Å². The molecule has 38 heavy (non-hydrogen) atoms. The Morgan fingerprint density at radius 3 is 2.29 bits per heavy atom. The molecule has 0 aliphatic rings. The molecular formula is C26H21Cl2F3N4O3. The van der Waals surface area contributed by atoms with Gasteiger partial charge in [0, 0.05) is 12.2 Å². The first-order chi connectivity index (χ1) is 18.0. The van der Waals surface area contributed by atoms with Gasteiger partial charge in [-0.3, -0.25) is 4.57 Å². The summed E-state index contributed by atoms with van der Waals surface area (Å²) in [6.07, 6.45) is -4.20. The highest BCUT2D eigenvalue weighted by atomic mass is 35.5. The maximum Gasteiger partial charge on any atom is 0.416 e. The van der Waals surface area contributed by atoms with E-state index in [9.17, 15) is 22.8 Å². The lowest BCUT2D eigenvalue weighted by atomic mass is 10.1. The molecule has 1 N–H and O–H groups in total. The number of benzene rings is 3. The molecule has 4 rings (SSSR count). The lowest BCUT2D eigenvalue weighted by Crippen LogP contribution is -2.43. The van der Waals surface area contributed by atoms with Crippen molar-refractivity contribution in [3.63, 3.8) is 0 Å². The van der Waals surface area contributed by atoms with E-state index < -0.39 is 23.1 Å². The predicted molar refractivity (Wildman–Crippen MR) is 140 cm³/mol. The molecule has 0 spiro atoms. The van der Waals surface area contributed by atoms with Crippen molar-refractivity contribution in [2.24, 2.45) is 0 Å². The van der Waals surface area contributed by atoms with Crippen molar-refractivity contribution in [1.29, 1.82) is 0 Å². The average molecular weight is 565 g/mol. The normalized spacial score (nSPS) is 11.4. The third-order valence-corrected chi connectivity index (χ3v) is 6.44. The predicted octanol–water partition coefficient (Wildman–Crippen LogP) is 5.77. The fourth-order valence-electron chi connectivity index (χ4n) is 3.72. The van der Waals surface area contributed by atoms with Crippen LogP contribution in [0.1, 0.15) is 16.7 Å². The molecule has 0 bridgehead atoms. The molecule has 3 aromatic carbocycles. The summed E-state index contributed by atoms with van der Waals surface area (Å²) < 4.78 is 46.9. The van der Waals surface area contributed by atoms with Gasteiger partial charge in [-0.15, -0.1) is 0 Å². The number of aryl methyl sites for hydroxylation is 1. The Morgan fingerprint density at radius 2 is 1.63 bits per heavy atom. The molecule has 0 radical (unpaired) electrons. The maximum absolute atomic E-state index is 13.5. The molecule has 7 nitrogen and oxygen atoms in total. The van der Waals surface area contributed by atoms with Crippen LogP contribution in [0.4, 0.5) is 24.8 Å². The quantitative estimate of drug-likeness (QED) is 0.294. The highest BCUT2D eigenvalue weighted by Crippen LogP contribution is 2.31. The summed E-state index contributed by atoms with van der Waals surface area (Å²) in [5.41, 5.74) is -1.03. The van der Waals surface area contributed by atoms with Crippen LogP contribution >= 0.6 is 23.2 Å². The monoisotopic (exact) mass is 564 g/mol. The van der Waals surface area contributed by atoms with Crippen LogP contribution in [-0.4, -0.2) is 21.2 Å². The Kier molecular flexibility index (Phi) is 8.13. The number of hydrogen-bond acceptors (Lipinski definition) is 5. The molecule has 0 aliphatic carbocycles. The third-order valence-electron chi connectivity index (χ3n) is 5.70. The van der Waals surface area contributed by atoms with Gasteiger partial charge < -0.3 is 10.1 Å². The molecule has 0 saturated heterocycles. The first-order valence-corrected chi connectivity index (χ1v) is 12.0. The lowest BCUT2D eigenvalue weighted by molar-refractivity contribution is -0.137. The van der Waals surface area contributed by atoms with E-state index in [0.29, 0.717) is 22.8 Å². The zero-order valence-electron chi connectivity index (χ0n) is 19.9. The van der Waals surface area contributed by atoms with E-state index >= 15 is 0 Å². The van der Waals surface area contributed by atoms with Crippen molar-refractivity contribution in [1.82, 2.24) is 14.1 Å². The number of anilines is 2. The summed E-state index contributed by atoms with van der Waals surface area (Å²) in [5, 5.41) is 3.28. The molecule has 1 aromatic heterocycles. The van der Waals surface area contributed by atoms with Crippen molar-refractivity contribution in [2.45, 2.75) is 25.7 Å². The number of methoxy groups -OCH3 is 1. The van der Waals surface area contributed by atoms with Crippen molar-refractivity contribution in [3.05, 3.63) is 114 Å². The highest BCUT2D eigenvalue weighted by molar-refractivity contribution is 6.42. The van der Waals surface area contributed by atoms with E-state index in [4.69, 9.17) is 27.9 Å². The van der Waals surface area contributed by atoms with Crippen LogP contribution < -0.4 is 21.4 Å². The second-order valence-electron chi connectivity index (χ2n) is 8.29. The maximum atomic E-state index is 13.5. The fourth-order valence-corrected chi connectivity index (χ4v) is 4.04. The third kappa shape index (κ3) is 6.38. The Labute approximate surface area is 225 Å². The average Bonchev–Trinajstić information content (AvgIpc) is 2.88. The molecule has 12 heteroatoms. The van der Waals surface area contributed by atoms with Gasteiger partial charge in [-0.2, -0.15) is 18.2 Å². The Bertz CT molecular complexity index is 1570. The minimum absolute atomic E-state index is 0.0200. The molecule has 0 aliphatic heterocycles. The summed E-state index contributed by atoms with van der Waals surface area (Å²) in [6, 6.07) is 16.3. The van der Waals surface area contributed by atoms with Crippen LogP contribution in [0.5, 0.6) is 5.75 Å². The van der Waals surface area contributed by atoms with Crippen LogP contribution in [-0.2, 0) is 25.7 Å². The van der Waals surface area contributed by atoms with Gasteiger partial charge in [0.1, 0.15) is 5.75 Å². The molecule has 0 atom stereocenters. The summed E-state index contributed by atoms with van der Waals surface area (Å²) in [7, 11) is 1.54. The van der Waals surface area contributed by atoms with E-state index in [1.54, 1.807) is 31.4 Å². The van der Waals surface area contributed by atoms with Gasteiger partial charge in [0.25, 0.3) is 0 Å². The molecule has 0 saturated carbocycles. The molecular weight excluding hydrogens is 544 g/mol. The van der Waals surface area contributed by atoms with E-state index in [2.05, 4.69) is 10.3 Å². The zero-order valence-corrected chi connectivity index (χ0v) is 21.4. The van der Waals surface area contributed by atoms with Gasteiger partial charge >= 0.3 is 17.6 Å². The number of hydrogen-bond donors (Lipinski definition) is 1. The van der Waals surface area contributed by atoms with Crippen LogP contribution in [0.2, 0.25) is 10.0 Å². The second kappa shape index (κ2) is 11.3. The summed E-state index contributed by atoms with van der Waals surface area (Å²) >= 11 is 12.0. The lowest BCUT2D eigenvalue weighted by Gasteiger charge is -2.16. The zero-order chi connectivity index (χ0) is 27.4. The number of nitrogens with one attached hydrogen (secondary N) is 1. The molecule has 0 amide bonds. The first kappa shape index (κ1) is 27.3. The van der Waals surface area contributed by atoms with Gasteiger partial charge in [0.15, 0.2) is 0 Å². The number of ether oxygens (including phenoxy) is 1. The number of rotatable bonds is 8. The minimum atomic E-state index is -4.57. The van der Waals surface area contributed by atoms with E-state index in [-0.39, 0.29) is 29.7 Å². The Balaban J connectivity index is 1.73. The van der Waals surface area contributed by atoms with Crippen molar-refractivity contribution in [3.8, 4) is 5.75 Å². The van der Waals surface area contributed by atoms with Gasteiger partial charge in [0.05, 0.1) is 29.3 Å². The number of nitrogens with zero attached hydrogens (tertiary/aromatic N) is 3. The molecule has 0 unspecified atom stereocenters. The van der Waals surface area contributed by atoms with Gasteiger partial charge in [-0.05, 0) is 60.0 Å². The molecule has 4 aromatic rings. The standard InChI is InChI=1S/C26H21Cl2F3N4O3/c1-38-20-8-5-16(6-9-20)11-12-34-23(32-19-4-2-3-18(14-19)26(29,30)31)33-24(36)35(25(34)37)15-17-7-10-21(27)22(28)13-17/h2-10,13-14H,11-12,15H2,1H3,(H,32,33,36). The summed E-state index contributed by atoms with van der Waals surface area (Å²) in [6.45, 7) is -0.0466. The fraction of sp³-hybridized carbons (Fsp3) is 0.192. The Hall–Kier alpha value is -3.76. The van der Waals surface area contributed by atoms with Gasteiger partial charge in [0.2, 0.25) is 5.95 Å². The van der Waals surface area contributed by atoms with E-state index in [0.717, 1.165) is 22.3 Å². The Morgan fingerprint density at radius 1 is 0.921 bits per heavy atom. The van der Waals surface area contributed by atoms with E-state index in [1.807, 2.05) is 12.1 Å². The topological polar surface area (TPSA) is 78.2 Å². The van der Waals surface area contributed by atoms with Crippen LogP contribution in [0.25, 0.3) is 0 Å². The highest BCUT2D eigenvalue weighted by Gasteiger charge is 2.30. The van der Waals surface area contributed by atoms with Crippen molar-refractivity contribution < 1.29 is 17.9 Å².